The maximum absolute atomic E-state index is 12.3. The van der Waals surface area contributed by atoms with Gasteiger partial charge in [-0.15, -0.1) is 11.3 Å². The van der Waals surface area contributed by atoms with E-state index in [9.17, 15) is 9.59 Å². The van der Waals surface area contributed by atoms with E-state index >= 15 is 0 Å². The van der Waals surface area contributed by atoms with Crippen molar-refractivity contribution in [1.82, 2.24) is 9.80 Å². The topological polar surface area (TPSA) is 43.9 Å². The highest BCUT2D eigenvalue weighted by molar-refractivity contribution is 7.17. The van der Waals surface area contributed by atoms with Crippen LogP contribution in [0.2, 0.25) is 0 Å². The molecule has 2 fully saturated rings. The molecule has 0 aliphatic carbocycles. The summed E-state index contributed by atoms with van der Waals surface area (Å²) < 4.78 is 1.36. The Bertz CT molecular complexity index is 863. The van der Waals surface area contributed by atoms with Crippen LogP contribution in [-0.4, -0.2) is 60.9 Å². The predicted molar refractivity (Wildman–Crippen MR) is 119 cm³/mol. The molecule has 156 valence electrons. The third kappa shape index (κ3) is 4.64. The summed E-state index contributed by atoms with van der Waals surface area (Å²) in [5.41, 5.74) is 1.17. The number of hydrogen-bond donors (Lipinski definition) is 0. The zero-order valence-electron chi connectivity index (χ0n) is 17.5. The van der Waals surface area contributed by atoms with Gasteiger partial charge in [0.05, 0.1) is 0 Å². The van der Waals surface area contributed by atoms with Crippen LogP contribution in [-0.2, 0) is 9.59 Å². The molecule has 1 aromatic heterocycles. The molecule has 0 atom stereocenters. The smallest absolute Gasteiger partial charge is 0.229 e. The summed E-state index contributed by atoms with van der Waals surface area (Å²) in [4.78, 5) is 31.0. The van der Waals surface area contributed by atoms with Gasteiger partial charge < -0.3 is 4.90 Å². The lowest BCUT2D eigenvalue weighted by molar-refractivity contribution is -0.152. The number of amides is 2. The second-order valence-electron chi connectivity index (χ2n) is 9.10. The summed E-state index contributed by atoms with van der Waals surface area (Å²) in [6.45, 7) is 9.84. The van der Waals surface area contributed by atoms with Crippen LogP contribution >= 0.6 is 11.3 Å². The van der Waals surface area contributed by atoms with E-state index in [1.54, 1.807) is 11.3 Å². The number of nitrogens with zero attached hydrogens (tertiary/aromatic N) is 3. The van der Waals surface area contributed by atoms with Crippen LogP contribution in [0.1, 0.15) is 39.5 Å². The fourth-order valence-corrected chi connectivity index (χ4v) is 5.34. The second kappa shape index (κ2) is 8.44. The van der Waals surface area contributed by atoms with E-state index in [0.29, 0.717) is 19.4 Å². The fraction of sp³-hybridized carbons (Fsp3) is 0.565. The fourth-order valence-electron chi connectivity index (χ4n) is 4.53. The first-order chi connectivity index (χ1) is 13.9. The number of likely N-dealkylation sites (tertiary alicyclic amines) is 1. The van der Waals surface area contributed by atoms with Crippen LogP contribution < -0.4 is 4.90 Å². The Morgan fingerprint density at radius 1 is 0.931 bits per heavy atom. The first-order valence-corrected chi connectivity index (χ1v) is 11.6. The Morgan fingerprint density at radius 3 is 2.34 bits per heavy atom. The number of piperidine rings is 1. The van der Waals surface area contributed by atoms with Crippen LogP contribution in [0.3, 0.4) is 0 Å². The van der Waals surface area contributed by atoms with E-state index in [2.05, 4.69) is 39.4 Å². The van der Waals surface area contributed by atoms with Crippen molar-refractivity contribution < 1.29 is 9.59 Å². The quantitative estimate of drug-likeness (QED) is 0.531. The number of thiophene rings is 1. The van der Waals surface area contributed by atoms with Crippen molar-refractivity contribution in [3.8, 4) is 0 Å². The number of piperazine rings is 1. The summed E-state index contributed by atoms with van der Waals surface area (Å²) in [6.07, 6.45) is 2.89. The van der Waals surface area contributed by atoms with Gasteiger partial charge in [-0.05, 0) is 48.4 Å². The molecule has 29 heavy (non-hydrogen) atoms. The third-order valence-corrected chi connectivity index (χ3v) is 7.04. The number of rotatable bonds is 6. The zero-order valence-corrected chi connectivity index (χ0v) is 18.3. The maximum Gasteiger partial charge on any atom is 0.229 e. The van der Waals surface area contributed by atoms with E-state index in [4.69, 9.17) is 0 Å². The van der Waals surface area contributed by atoms with E-state index in [1.807, 2.05) is 13.8 Å². The lowest BCUT2D eigenvalue weighted by Crippen LogP contribution is -2.47. The van der Waals surface area contributed by atoms with E-state index in [1.165, 1.54) is 20.7 Å². The van der Waals surface area contributed by atoms with Crippen LogP contribution in [0.25, 0.3) is 10.1 Å². The van der Waals surface area contributed by atoms with Gasteiger partial charge in [0.15, 0.2) is 0 Å². The van der Waals surface area contributed by atoms with Gasteiger partial charge in [-0.25, -0.2) is 0 Å². The Morgan fingerprint density at radius 2 is 1.62 bits per heavy atom. The molecule has 0 saturated carbocycles. The minimum Gasteiger partial charge on any atom is -0.368 e. The molecule has 2 amide bonds. The molecule has 6 heteroatoms. The number of unbranched alkanes of at least 4 members (excludes halogenated alkanes) is 1. The normalized spacial score (nSPS) is 20.6. The Balaban J connectivity index is 1.20. The number of benzene rings is 1. The first kappa shape index (κ1) is 20.4. The summed E-state index contributed by atoms with van der Waals surface area (Å²) in [7, 11) is 0. The predicted octanol–water partition coefficient (Wildman–Crippen LogP) is 3.98. The lowest BCUT2D eigenvalue weighted by Gasteiger charge is -2.37. The minimum absolute atomic E-state index is 0.00229. The van der Waals surface area contributed by atoms with Gasteiger partial charge in [0.25, 0.3) is 0 Å². The summed E-state index contributed by atoms with van der Waals surface area (Å²) in [5, 5.41) is 3.54. The molecular weight excluding hydrogens is 382 g/mol. The standard InChI is InChI=1S/C23H31N3O2S/c1-23(2)16-21(27)26(22(28)17-23)10-4-3-9-24-11-13-25(14-12-24)19-6-5-7-20-18(19)8-15-29-20/h5-8,15H,3-4,9-14,16-17H2,1-2H3. The van der Waals surface area contributed by atoms with Gasteiger partial charge >= 0.3 is 0 Å². The van der Waals surface area contributed by atoms with Crippen molar-refractivity contribution in [3.63, 3.8) is 0 Å². The largest absolute Gasteiger partial charge is 0.368 e. The van der Waals surface area contributed by atoms with Crippen molar-refractivity contribution in [2.75, 3.05) is 44.2 Å². The molecule has 0 N–H and O–H groups in total. The SMILES string of the molecule is CC1(C)CC(=O)N(CCCCN2CCN(c3cccc4sccc34)CC2)C(=O)C1. The Hall–Kier alpha value is -1.92. The molecule has 2 aromatic rings. The van der Waals surface area contributed by atoms with Gasteiger partial charge in [-0.1, -0.05) is 19.9 Å². The van der Waals surface area contributed by atoms with Gasteiger partial charge in [0, 0.05) is 61.3 Å². The van der Waals surface area contributed by atoms with Crippen molar-refractivity contribution >= 4 is 38.9 Å². The summed E-state index contributed by atoms with van der Waals surface area (Å²) in [5.74, 6) is 0.00457. The molecule has 0 bridgehead atoms. The third-order valence-electron chi connectivity index (χ3n) is 6.15. The molecule has 0 unspecified atom stereocenters. The van der Waals surface area contributed by atoms with Gasteiger partial charge in [0.1, 0.15) is 0 Å². The highest BCUT2D eigenvalue weighted by atomic mass is 32.1. The average molecular weight is 414 g/mol. The van der Waals surface area contributed by atoms with Gasteiger partial charge in [0.2, 0.25) is 11.8 Å². The summed E-state index contributed by atoms with van der Waals surface area (Å²) in [6, 6.07) is 8.81. The minimum atomic E-state index is -0.183. The Labute approximate surface area is 177 Å². The first-order valence-electron chi connectivity index (χ1n) is 10.7. The molecule has 2 saturated heterocycles. The van der Waals surface area contributed by atoms with Crippen molar-refractivity contribution in [2.24, 2.45) is 5.41 Å². The highest BCUT2D eigenvalue weighted by Crippen LogP contribution is 2.32. The molecule has 2 aliphatic heterocycles. The lowest BCUT2D eigenvalue weighted by atomic mass is 9.82. The molecule has 5 nitrogen and oxygen atoms in total. The molecule has 2 aliphatic rings. The van der Waals surface area contributed by atoms with Crippen molar-refractivity contribution in [2.45, 2.75) is 39.5 Å². The number of fused-ring (bicyclic) bond motifs is 1. The number of imide groups is 1. The van der Waals surface area contributed by atoms with Crippen LogP contribution in [0.5, 0.6) is 0 Å². The molecule has 0 radical (unpaired) electrons. The van der Waals surface area contributed by atoms with E-state index in [0.717, 1.165) is 45.6 Å². The molecule has 3 heterocycles. The monoisotopic (exact) mass is 413 g/mol. The van der Waals surface area contributed by atoms with Gasteiger partial charge in [-0.3, -0.25) is 19.4 Å². The average Bonchev–Trinajstić information content (AvgIpc) is 3.15. The Kier molecular flexibility index (Phi) is 5.93. The second-order valence-corrected chi connectivity index (χ2v) is 10.0. The number of hydrogen-bond acceptors (Lipinski definition) is 5. The van der Waals surface area contributed by atoms with Crippen LogP contribution in [0.4, 0.5) is 5.69 Å². The van der Waals surface area contributed by atoms with Crippen LogP contribution in [0.15, 0.2) is 29.6 Å². The molecule has 1 aromatic carbocycles. The van der Waals surface area contributed by atoms with E-state index < -0.39 is 0 Å². The zero-order chi connectivity index (χ0) is 20.4. The van der Waals surface area contributed by atoms with Gasteiger partial charge in [-0.2, -0.15) is 0 Å². The number of carbonyl (C=O) groups excluding carboxylic acids is 2. The number of anilines is 1. The van der Waals surface area contributed by atoms with Crippen molar-refractivity contribution in [1.29, 1.82) is 0 Å². The molecular formula is C23H31N3O2S. The van der Waals surface area contributed by atoms with Crippen molar-refractivity contribution in [3.05, 3.63) is 29.6 Å². The molecule has 4 rings (SSSR count). The molecule has 0 spiro atoms. The number of carbonyl (C=O) groups is 2. The van der Waals surface area contributed by atoms with Crippen LogP contribution in [0, 0.1) is 5.41 Å². The summed E-state index contributed by atoms with van der Waals surface area (Å²) >= 11 is 1.80. The highest BCUT2D eigenvalue weighted by Gasteiger charge is 2.36. The maximum atomic E-state index is 12.3. The van der Waals surface area contributed by atoms with E-state index in [-0.39, 0.29) is 17.2 Å².